The highest BCUT2D eigenvalue weighted by molar-refractivity contribution is 5.74. The lowest BCUT2D eigenvalue weighted by Gasteiger charge is -2.33. The molecule has 4 nitrogen and oxygen atoms in total. The van der Waals surface area contributed by atoms with Crippen molar-refractivity contribution in [2.24, 2.45) is 5.92 Å². The van der Waals surface area contributed by atoms with Crippen molar-refractivity contribution in [3.63, 3.8) is 0 Å². The first-order chi connectivity index (χ1) is 8.26. The van der Waals surface area contributed by atoms with E-state index in [1.54, 1.807) is 7.11 Å². The molecule has 0 unspecified atom stereocenters. The number of hydrogen-bond donors (Lipinski definition) is 2. The van der Waals surface area contributed by atoms with Gasteiger partial charge in [0.15, 0.2) is 0 Å². The van der Waals surface area contributed by atoms with Gasteiger partial charge in [-0.05, 0) is 30.9 Å². The van der Waals surface area contributed by atoms with E-state index in [0.29, 0.717) is 18.2 Å². The van der Waals surface area contributed by atoms with Crippen LogP contribution in [0.2, 0.25) is 0 Å². The molecule has 0 saturated carbocycles. The van der Waals surface area contributed by atoms with Gasteiger partial charge in [-0.25, -0.2) is 0 Å². The molecule has 0 spiro atoms. The molecular weight excluding hydrogens is 216 g/mol. The minimum Gasteiger partial charge on any atom is -0.495 e. The molecule has 0 amide bonds. The number of nitrogens with zero attached hydrogens (tertiary/aromatic N) is 1. The van der Waals surface area contributed by atoms with Crippen LogP contribution in [-0.2, 0) is 0 Å². The molecule has 0 aromatic heterocycles. The SMILES string of the molecule is COc1cccc(N2CCC(CO)CC2)c1N. The number of nitrogens with two attached hydrogens (primary N) is 1. The summed E-state index contributed by atoms with van der Waals surface area (Å²) in [5.74, 6) is 1.17. The Morgan fingerprint density at radius 2 is 2.12 bits per heavy atom. The maximum Gasteiger partial charge on any atom is 0.143 e. The number of aliphatic hydroxyl groups excluding tert-OH is 1. The Bertz CT molecular complexity index is 374. The number of rotatable bonds is 3. The second kappa shape index (κ2) is 5.27. The maximum atomic E-state index is 9.12. The molecule has 17 heavy (non-hydrogen) atoms. The largest absolute Gasteiger partial charge is 0.495 e. The quantitative estimate of drug-likeness (QED) is 0.781. The van der Waals surface area contributed by atoms with E-state index in [1.807, 2.05) is 18.2 Å². The highest BCUT2D eigenvalue weighted by Gasteiger charge is 2.20. The van der Waals surface area contributed by atoms with E-state index in [4.69, 9.17) is 15.6 Å². The Morgan fingerprint density at radius 3 is 2.71 bits per heavy atom. The van der Waals surface area contributed by atoms with Gasteiger partial charge in [-0.3, -0.25) is 0 Å². The number of ether oxygens (including phenoxy) is 1. The fraction of sp³-hybridized carbons (Fsp3) is 0.538. The normalized spacial score (nSPS) is 17.2. The van der Waals surface area contributed by atoms with Gasteiger partial charge in [0.2, 0.25) is 0 Å². The molecule has 1 aromatic carbocycles. The van der Waals surface area contributed by atoms with Gasteiger partial charge in [0, 0.05) is 19.7 Å². The number of aliphatic hydroxyl groups is 1. The van der Waals surface area contributed by atoms with Crippen molar-refractivity contribution in [2.75, 3.05) is 37.4 Å². The van der Waals surface area contributed by atoms with E-state index in [0.717, 1.165) is 37.4 Å². The third-order valence-electron chi connectivity index (χ3n) is 3.48. The molecule has 1 heterocycles. The van der Waals surface area contributed by atoms with Gasteiger partial charge in [0.1, 0.15) is 5.75 Å². The van der Waals surface area contributed by atoms with E-state index < -0.39 is 0 Å². The third-order valence-corrected chi connectivity index (χ3v) is 3.48. The van der Waals surface area contributed by atoms with Crippen molar-refractivity contribution in [3.8, 4) is 5.75 Å². The van der Waals surface area contributed by atoms with Gasteiger partial charge in [-0.1, -0.05) is 6.07 Å². The zero-order chi connectivity index (χ0) is 12.3. The van der Waals surface area contributed by atoms with E-state index in [9.17, 15) is 0 Å². The minimum atomic E-state index is 0.293. The fourth-order valence-corrected chi connectivity index (χ4v) is 2.34. The van der Waals surface area contributed by atoms with Crippen molar-refractivity contribution < 1.29 is 9.84 Å². The van der Waals surface area contributed by atoms with Crippen LogP contribution in [0.25, 0.3) is 0 Å². The topological polar surface area (TPSA) is 58.7 Å². The predicted octanol–water partition coefficient (Wildman–Crippen LogP) is 1.49. The smallest absolute Gasteiger partial charge is 0.143 e. The summed E-state index contributed by atoms with van der Waals surface area (Å²) in [5, 5.41) is 9.12. The average Bonchev–Trinajstić information content (AvgIpc) is 2.39. The van der Waals surface area contributed by atoms with Gasteiger partial charge in [0.25, 0.3) is 0 Å². The molecule has 4 heteroatoms. The van der Waals surface area contributed by atoms with Gasteiger partial charge >= 0.3 is 0 Å². The summed E-state index contributed by atoms with van der Waals surface area (Å²) in [6.45, 7) is 2.19. The van der Waals surface area contributed by atoms with E-state index in [1.165, 1.54) is 0 Å². The number of piperidine rings is 1. The first-order valence-electron chi connectivity index (χ1n) is 6.04. The molecule has 1 aliphatic rings. The van der Waals surface area contributed by atoms with Crippen molar-refractivity contribution in [1.82, 2.24) is 0 Å². The molecule has 1 aliphatic heterocycles. The van der Waals surface area contributed by atoms with Crippen LogP contribution in [0.3, 0.4) is 0 Å². The molecule has 1 fully saturated rings. The lowest BCUT2D eigenvalue weighted by atomic mass is 9.97. The van der Waals surface area contributed by atoms with E-state index in [2.05, 4.69) is 4.90 Å². The van der Waals surface area contributed by atoms with Crippen molar-refractivity contribution in [3.05, 3.63) is 18.2 Å². The summed E-state index contributed by atoms with van der Waals surface area (Å²) in [5.41, 5.74) is 7.82. The molecule has 1 saturated heterocycles. The summed E-state index contributed by atoms with van der Waals surface area (Å²) in [6, 6.07) is 5.86. The lowest BCUT2D eigenvalue weighted by Crippen LogP contribution is -2.35. The number of benzene rings is 1. The number of methoxy groups -OCH3 is 1. The van der Waals surface area contributed by atoms with Crippen molar-refractivity contribution in [2.45, 2.75) is 12.8 Å². The van der Waals surface area contributed by atoms with Crippen LogP contribution in [0.1, 0.15) is 12.8 Å². The van der Waals surface area contributed by atoms with Crippen LogP contribution >= 0.6 is 0 Å². The zero-order valence-corrected chi connectivity index (χ0v) is 10.2. The van der Waals surface area contributed by atoms with Crippen LogP contribution in [-0.4, -0.2) is 31.9 Å². The number of hydrogen-bond acceptors (Lipinski definition) is 4. The molecule has 94 valence electrons. The molecule has 0 radical (unpaired) electrons. The highest BCUT2D eigenvalue weighted by atomic mass is 16.5. The van der Waals surface area contributed by atoms with Crippen LogP contribution in [0.4, 0.5) is 11.4 Å². The lowest BCUT2D eigenvalue weighted by molar-refractivity contribution is 0.203. The molecule has 0 atom stereocenters. The van der Waals surface area contributed by atoms with Crippen LogP contribution in [0, 0.1) is 5.92 Å². The van der Waals surface area contributed by atoms with E-state index >= 15 is 0 Å². The van der Waals surface area contributed by atoms with Gasteiger partial charge in [-0.2, -0.15) is 0 Å². The number of anilines is 2. The third kappa shape index (κ3) is 2.47. The monoisotopic (exact) mass is 236 g/mol. The second-order valence-electron chi connectivity index (χ2n) is 4.51. The molecular formula is C13H20N2O2. The Balaban J connectivity index is 2.13. The number of nitrogen functional groups attached to an aromatic ring is 1. The standard InChI is InChI=1S/C13H20N2O2/c1-17-12-4-2-3-11(13(12)14)15-7-5-10(9-16)6-8-15/h2-4,10,16H,5-9,14H2,1H3. The van der Waals surface area contributed by atoms with Gasteiger partial charge < -0.3 is 20.5 Å². The molecule has 3 N–H and O–H groups in total. The van der Waals surface area contributed by atoms with Gasteiger partial charge in [-0.15, -0.1) is 0 Å². The Labute approximate surface area is 102 Å². The Kier molecular flexibility index (Phi) is 3.74. The molecule has 1 aromatic rings. The molecule has 0 bridgehead atoms. The summed E-state index contributed by atoms with van der Waals surface area (Å²) >= 11 is 0. The molecule has 0 aliphatic carbocycles. The maximum absolute atomic E-state index is 9.12. The first-order valence-corrected chi connectivity index (χ1v) is 6.04. The summed E-state index contributed by atoms with van der Waals surface area (Å²) in [7, 11) is 1.63. The summed E-state index contributed by atoms with van der Waals surface area (Å²) in [4.78, 5) is 2.27. The average molecular weight is 236 g/mol. The Hall–Kier alpha value is -1.42. The first kappa shape index (κ1) is 12.0. The zero-order valence-electron chi connectivity index (χ0n) is 10.2. The van der Waals surface area contributed by atoms with Crippen LogP contribution in [0.15, 0.2) is 18.2 Å². The van der Waals surface area contributed by atoms with Gasteiger partial charge in [0.05, 0.1) is 18.5 Å². The van der Waals surface area contributed by atoms with Crippen LogP contribution < -0.4 is 15.4 Å². The summed E-state index contributed by atoms with van der Waals surface area (Å²) < 4.78 is 5.23. The van der Waals surface area contributed by atoms with E-state index in [-0.39, 0.29) is 0 Å². The second-order valence-corrected chi connectivity index (χ2v) is 4.51. The van der Waals surface area contributed by atoms with Crippen molar-refractivity contribution >= 4 is 11.4 Å². The van der Waals surface area contributed by atoms with Crippen LogP contribution in [0.5, 0.6) is 5.75 Å². The summed E-state index contributed by atoms with van der Waals surface area (Å²) in [6.07, 6.45) is 2.04. The minimum absolute atomic E-state index is 0.293. The molecule has 2 rings (SSSR count). The number of para-hydroxylation sites is 1. The Morgan fingerprint density at radius 1 is 1.41 bits per heavy atom. The predicted molar refractivity (Wildman–Crippen MR) is 69.4 cm³/mol. The fourth-order valence-electron chi connectivity index (χ4n) is 2.34. The van der Waals surface area contributed by atoms with Crippen molar-refractivity contribution in [1.29, 1.82) is 0 Å². The highest BCUT2D eigenvalue weighted by Crippen LogP contribution is 2.34.